The quantitative estimate of drug-likeness (QED) is 0.577. The van der Waals surface area contributed by atoms with Crippen molar-refractivity contribution in [2.45, 2.75) is 18.5 Å². The Morgan fingerprint density at radius 1 is 1.77 bits per heavy atom. The third-order valence-electron chi connectivity index (χ3n) is 1.32. The van der Waals surface area contributed by atoms with Gasteiger partial charge in [0.05, 0.1) is 13.0 Å². The summed E-state index contributed by atoms with van der Waals surface area (Å²) in [4.78, 5) is 17.9. The Bertz CT molecular complexity index is 249. The molecule has 1 aromatic heterocycles. The van der Waals surface area contributed by atoms with Crippen LogP contribution in [0, 0.1) is 0 Å². The number of carbonyl (C=O) groups excluding carboxylic acids is 1. The van der Waals surface area contributed by atoms with Crippen LogP contribution in [0.5, 0.6) is 0 Å². The highest BCUT2D eigenvalue weighted by Gasteiger charge is 2.02. The lowest BCUT2D eigenvalue weighted by Gasteiger charge is -1.99. The van der Waals surface area contributed by atoms with E-state index in [-0.39, 0.29) is 5.97 Å². The highest BCUT2D eigenvalue weighted by molar-refractivity contribution is 7.99. The van der Waals surface area contributed by atoms with Crippen LogP contribution in [0.3, 0.4) is 0 Å². The van der Waals surface area contributed by atoms with Gasteiger partial charge in [0.25, 0.3) is 0 Å². The number of nitrogens with zero attached hydrogens (tertiary/aromatic N) is 1. The number of hydrogen-bond donors (Lipinski definition) is 1. The molecule has 0 aliphatic heterocycles. The standard InChI is InChI=1S/C8H12N2O2S/c1-2-12-7(11)3-6-13-8-9-4-5-10-8/h4-5H,2-3,6H2,1H3,(H,9,10). The molecular weight excluding hydrogens is 188 g/mol. The van der Waals surface area contributed by atoms with Gasteiger partial charge in [0.15, 0.2) is 5.16 Å². The van der Waals surface area contributed by atoms with Crippen molar-refractivity contribution in [3.63, 3.8) is 0 Å². The highest BCUT2D eigenvalue weighted by Crippen LogP contribution is 2.12. The van der Waals surface area contributed by atoms with Gasteiger partial charge in [0.1, 0.15) is 0 Å². The van der Waals surface area contributed by atoms with E-state index in [1.165, 1.54) is 11.8 Å². The molecule has 0 spiro atoms. The summed E-state index contributed by atoms with van der Waals surface area (Å²) in [5.41, 5.74) is 0. The number of esters is 1. The van der Waals surface area contributed by atoms with Gasteiger partial charge in [0.2, 0.25) is 0 Å². The fourth-order valence-corrected chi connectivity index (χ4v) is 1.54. The zero-order valence-corrected chi connectivity index (χ0v) is 8.26. The Morgan fingerprint density at radius 3 is 3.23 bits per heavy atom. The average Bonchev–Trinajstić information content (AvgIpc) is 2.57. The van der Waals surface area contributed by atoms with Crippen molar-refractivity contribution in [1.82, 2.24) is 9.97 Å². The normalized spacial score (nSPS) is 9.92. The van der Waals surface area contributed by atoms with E-state index in [0.717, 1.165) is 5.16 Å². The molecule has 0 bridgehead atoms. The Kier molecular flexibility index (Phi) is 4.39. The second-order valence-electron chi connectivity index (χ2n) is 2.30. The van der Waals surface area contributed by atoms with Crippen LogP contribution in [0.4, 0.5) is 0 Å². The number of ether oxygens (including phenoxy) is 1. The summed E-state index contributed by atoms with van der Waals surface area (Å²) >= 11 is 1.51. The summed E-state index contributed by atoms with van der Waals surface area (Å²) in [6.07, 6.45) is 3.87. The summed E-state index contributed by atoms with van der Waals surface area (Å²) in [5, 5.41) is 0.837. The van der Waals surface area contributed by atoms with Gasteiger partial charge in [-0.25, -0.2) is 4.98 Å². The smallest absolute Gasteiger partial charge is 0.306 e. The lowest BCUT2D eigenvalue weighted by Crippen LogP contribution is -2.04. The maximum Gasteiger partial charge on any atom is 0.306 e. The maximum absolute atomic E-state index is 10.9. The van der Waals surface area contributed by atoms with E-state index < -0.39 is 0 Å². The molecule has 0 saturated heterocycles. The number of aromatic amines is 1. The van der Waals surface area contributed by atoms with Gasteiger partial charge in [0, 0.05) is 18.1 Å². The van der Waals surface area contributed by atoms with E-state index in [9.17, 15) is 4.79 Å². The Morgan fingerprint density at radius 2 is 2.62 bits per heavy atom. The summed E-state index contributed by atoms with van der Waals surface area (Å²) in [7, 11) is 0. The molecule has 0 aliphatic carbocycles. The van der Waals surface area contributed by atoms with Crippen LogP contribution in [0.1, 0.15) is 13.3 Å². The zero-order valence-electron chi connectivity index (χ0n) is 7.45. The minimum atomic E-state index is -0.151. The molecule has 13 heavy (non-hydrogen) atoms. The van der Waals surface area contributed by atoms with Crippen molar-refractivity contribution >= 4 is 17.7 Å². The molecule has 0 radical (unpaired) electrons. The van der Waals surface area contributed by atoms with E-state index in [1.807, 2.05) is 0 Å². The largest absolute Gasteiger partial charge is 0.466 e. The summed E-state index contributed by atoms with van der Waals surface area (Å²) < 4.78 is 4.78. The maximum atomic E-state index is 10.9. The van der Waals surface area contributed by atoms with E-state index in [2.05, 4.69) is 9.97 Å². The number of imidazole rings is 1. The molecule has 0 aliphatic rings. The van der Waals surface area contributed by atoms with Crippen molar-refractivity contribution in [1.29, 1.82) is 0 Å². The molecule has 1 aromatic rings. The number of nitrogens with one attached hydrogen (secondary N) is 1. The molecule has 72 valence electrons. The minimum Gasteiger partial charge on any atom is -0.466 e. The molecular formula is C8H12N2O2S. The molecule has 5 heteroatoms. The van der Waals surface area contributed by atoms with Crippen molar-refractivity contribution in [3.8, 4) is 0 Å². The van der Waals surface area contributed by atoms with E-state index in [4.69, 9.17) is 4.74 Å². The molecule has 0 saturated carbocycles. The lowest BCUT2D eigenvalue weighted by atomic mass is 10.5. The first kappa shape index (κ1) is 10.1. The Labute approximate surface area is 81.1 Å². The van der Waals surface area contributed by atoms with Crippen LogP contribution in [0.15, 0.2) is 17.6 Å². The fourth-order valence-electron chi connectivity index (χ4n) is 0.794. The molecule has 0 aromatic carbocycles. The van der Waals surface area contributed by atoms with Crippen LogP contribution in [0.2, 0.25) is 0 Å². The molecule has 0 unspecified atom stereocenters. The molecule has 1 N–H and O–H groups in total. The van der Waals surface area contributed by atoms with Gasteiger partial charge in [-0.15, -0.1) is 0 Å². The van der Waals surface area contributed by atoms with Crippen molar-refractivity contribution in [2.75, 3.05) is 12.4 Å². The van der Waals surface area contributed by atoms with Gasteiger partial charge in [-0.2, -0.15) is 0 Å². The van der Waals surface area contributed by atoms with E-state index >= 15 is 0 Å². The summed E-state index contributed by atoms with van der Waals surface area (Å²) in [6.45, 7) is 2.25. The molecule has 4 nitrogen and oxygen atoms in total. The van der Waals surface area contributed by atoms with Gasteiger partial charge < -0.3 is 9.72 Å². The average molecular weight is 200 g/mol. The van der Waals surface area contributed by atoms with Gasteiger partial charge in [-0.05, 0) is 6.92 Å². The van der Waals surface area contributed by atoms with Crippen LogP contribution >= 0.6 is 11.8 Å². The lowest BCUT2D eigenvalue weighted by molar-refractivity contribution is -0.142. The van der Waals surface area contributed by atoms with Crippen LogP contribution in [0.25, 0.3) is 0 Å². The monoisotopic (exact) mass is 200 g/mol. The molecule has 0 atom stereocenters. The highest BCUT2D eigenvalue weighted by atomic mass is 32.2. The number of carbonyl (C=O) groups is 1. The van der Waals surface area contributed by atoms with Crippen LogP contribution in [-0.2, 0) is 9.53 Å². The third kappa shape index (κ3) is 3.98. The van der Waals surface area contributed by atoms with Crippen molar-refractivity contribution in [2.24, 2.45) is 0 Å². The number of aromatic nitrogens is 2. The predicted molar refractivity (Wildman–Crippen MR) is 50.6 cm³/mol. The summed E-state index contributed by atoms with van der Waals surface area (Å²) in [6, 6.07) is 0. The van der Waals surface area contributed by atoms with Gasteiger partial charge >= 0.3 is 5.97 Å². The number of hydrogen-bond acceptors (Lipinski definition) is 4. The number of H-pyrrole nitrogens is 1. The molecule has 1 heterocycles. The second kappa shape index (κ2) is 5.64. The summed E-state index contributed by atoms with van der Waals surface area (Å²) in [5.74, 6) is 0.549. The van der Waals surface area contributed by atoms with Gasteiger partial charge in [-0.3, -0.25) is 4.79 Å². The molecule has 0 amide bonds. The van der Waals surface area contributed by atoms with E-state index in [1.54, 1.807) is 19.3 Å². The first-order valence-electron chi connectivity index (χ1n) is 4.10. The number of rotatable bonds is 5. The Balaban J connectivity index is 2.11. The first-order chi connectivity index (χ1) is 6.33. The van der Waals surface area contributed by atoms with Gasteiger partial charge in [-0.1, -0.05) is 11.8 Å². The fraction of sp³-hybridized carbons (Fsp3) is 0.500. The Hall–Kier alpha value is -0.970. The second-order valence-corrected chi connectivity index (χ2v) is 3.38. The third-order valence-corrected chi connectivity index (χ3v) is 2.23. The SMILES string of the molecule is CCOC(=O)CCSc1ncc[nH]1. The topological polar surface area (TPSA) is 55.0 Å². The molecule has 1 rings (SSSR count). The minimum absolute atomic E-state index is 0.151. The first-order valence-corrected chi connectivity index (χ1v) is 5.09. The van der Waals surface area contributed by atoms with Crippen molar-refractivity contribution in [3.05, 3.63) is 12.4 Å². The van der Waals surface area contributed by atoms with Crippen LogP contribution in [-0.4, -0.2) is 28.3 Å². The van der Waals surface area contributed by atoms with Crippen LogP contribution < -0.4 is 0 Å². The number of thioether (sulfide) groups is 1. The zero-order chi connectivity index (χ0) is 9.52. The molecule has 0 fully saturated rings. The predicted octanol–water partition coefficient (Wildman–Crippen LogP) is 1.45. The van der Waals surface area contributed by atoms with Crippen molar-refractivity contribution < 1.29 is 9.53 Å². The van der Waals surface area contributed by atoms with E-state index in [0.29, 0.717) is 18.8 Å².